The minimum atomic E-state index is -0.435. The smallest absolute Gasteiger partial charge is 0.332 e. The molecule has 3 heterocycles. The third kappa shape index (κ3) is 2.95. The molecule has 0 saturated carbocycles. The first kappa shape index (κ1) is 17.3. The summed E-state index contributed by atoms with van der Waals surface area (Å²) in [4.78, 5) is 52.9. The van der Waals surface area contributed by atoms with Crippen LogP contribution < -0.4 is 16.6 Å². The first-order chi connectivity index (χ1) is 12.0. The molecule has 1 saturated heterocycles. The molecule has 1 aliphatic rings. The van der Waals surface area contributed by atoms with Gasteiger partial charge in [-0.15, -0.1) is 11.8 Å². The number of rotatable bonds is 5. The lowest BCUT2D eigenvalue weighted by molar-refractivity contribution is -0.131. The van der Waals surface area contributed by atoms with E-state index in [1.165, 1.54) is 17.9 Å². The van der Waals surface area contributed by atoms with Crippen molar-refractivity contribution >= 4 is 35.2 Å². The Hall–Kier alpha value is -2.56. The Bertz CT molecular complexity index is 945. The largest absolute Gasteiger partial charge is 0.350 e. The molecule has 0 radical (unpaired) electrons. The van der Waals surface area contributed by atoms with Gasteiger partial charge in [-0.2, -0.15) is 0 Å². The second-order valence-electron chi connectivity index (χ2n) is 5.69. The van der Waals surface area contributed by atoms with Crippen molar-refractivity contribution in [1.82, 2.24) is 28.9 Å². The maximum absolute atomic E-state index is 12.5. The third-order valence-corrected chi connectivity index (χ3v) is 5.42. The number of hydrogen-bond donors (Lipinski definition) is 1. The highest BCUT2D eigenvalue weighted by Gasteiger charge is 2.30. The van der Waals surface area contributed by atoms with E-state index in [-0.39, 0.29) is 17.8 Å². The highest BCUT2D eigenvalue weighted by atomic mass is 32.2. The van der Waals surface area contributed by atoms with Crippen LogP contribution in [0.15, 0.2) is 15.9 Å². The van der Waals surface area contributed by atoms with Crippen LogP contribution in [-0.4, -0.2) is 60.1 Å². The summed E-state index contributed by atoms with van der Waals surface area (Å²) in [7, 11) is 2.99. The lowest BCUT2D eigenvalue weighted by Gasteiger charge is -2.24. The molecule has 3 rings (SSSR count). The molecule has 11 heteroatoms. The zero-order valence-electron chi connectivity index (χ0n) is 13.8. The Kier molecular flexibility index (Phi) is 4.66. The molecule has 0 spiro atoms. The fourth-order valence-corrected chi connectivity index (χ4v) is 4.13. The first-order valence-corrected chi connectivity index (χ1v) is 8.69. The van der Waals surface area contributed by atoms with Crippen molar-refractivity contribution in [1.29, 1.82) is 0 Å². The van der Waals surface area contributed by atoms with Gasteiger partial charge in [0.25, 0.3) is 5.56 Å². The summed E-state index contributed by atoms with van der Waals surface area (Å²) in [6, 6.07) is 0. The van der Waals surface area contributed by atoms with Crippen LogP contribution in [0, 0.1) is 0 Å². The van der Waals surface area contributed by atoms with E-state index in [2.05, 4.69) is 10.3 Å². The van der Waals surface area contributed by atoms with E-state index in [9.17, 15) is 19.2 Å². The van der Waals surface area contributed by atoms with Crippen LogP contribution in [0.2, 0.25) is 0 Å². The van der Waals surface area contributed by atoms with Crippen LogP contribution in [0.4, 0.5) is 0 Å². The van der Waals surface area contributed by atoms with Gasteiger partial charge >= 0.3 is 5.69 Å². The van der Waals surface area contributed by atoms with E-state index < -0.39 is 11.2 Å². The molecule has 1 aliphatic heterocycles. The van der Waals surface area contributed by atoms with E-state index in [1.807, 2.05) is 0 Å². The van der Waals surface area contributed by atoms with Gasteiger partial charge in [-0.25, -0.2) is 9.78 Å². The number of hydrogen-bond acceptors (Lipinski definition) is 6. The van der Waals surface area contributed by atoms with Crippen LogP contribution in [0.25, 0.3) is 11.2 Å². The number of fused-ring (bicyclic) bond motifs is 1. The molecule has 2 amide bonds. The summed E-state index contributed by atoms with van der Waals surface area (Å²) in [5, 5.41) is 2.21. The van der Waals surface area contributed by atoms with E-state index in [0.717, 1.165) is 10.3 Å². The number of carbonyl (C=O) groups excluding carboxylic acids is 2. The van der Waals surface area contributed by atoms with Crippen LogP contribution in [0.1, 0.15) is 0 Å². The molecule has 25 heavy (non-hydrogen) atoms. The third-order valence-electron chi connectivity index (χ3n) is 4.22. The average Bonchev–Trinajstić information content (AvgIpc) is 3.23. The Morgan fingerprint density at radius 2 is 2.16 bits per heavy atom. The average molecular weight is 366 g/mol. The summed E-state index contributed by atoms with van der Waals surface area (Å²) in [6.07, 6.45) is 2.00. The van der Waals surface area contributed by atoms with Gasteiger partial charge in [0.15, 0.2) is 11.2 Å². The van der Waals surface area contributed by atoms with Crippen LogP contribution in [0.3, 0.4) is 0 Å². The lowest BCUT2D eigenvalue weighted by atomic mass is 10.4. The van der Waals surface area contributed by atoms with Gasteiger partial charge in [0.2, 0.25) is 12.3 Å². The summed E-state index contributed by atoms with van der Waals surface area (Å²) in [6.45, 7) is 0.904. The number of imidazole rings is 1. The fraction of sp³-hybridized carbons (Fsp3) is 0.500. The number of carbonyl (C=O) groups is 2. The maximum Gasteiger partial charge on any atom is 0.332 e. The van der Waals surface area contributed by atoms with Crippen molar-refractivity contribution in [3.8, 4) is 0 Å². The van der Waals surface area contributed by atoms with Crippen molar-refractivity contribution in [2.75, 3.05) is 18.8 Å². The fourth-order valence-electron chi connectivity index (χ4n) is 2.89. The Labute approximate surface area is 146 Å². The molecule has 134 valence electrons. The molecule has 1 atom stereocenters. The normalized spacial score (nSPS) is 17.2. The number of thioether (sulfide) groups is 1. The number of aryl methyl sites for hydroxylation is 1. The zero-order chi connectivity index (χ0) is 18.1. The van der Waals surface area contributed by atoms with Crippen LogP contribution >= 0.6 is 11.8 Å². The first-order valence-electron chi connectivity index (χ1n) is 7.64. The van der Waals surface area contributed by atoms with Crippen molar-refractivity contribution in [3.63, 3.8) is 0 Å². The van der Waals surface area contributed by atoms with Gasteiger partial charge in [0, 0.05) is 26.4 Å². The van der Waals surface area contributed by atoms with Gasteiger partial charge in [0.1, 0.15) is 0 Å². The van der Waals surface area contributed by atoms with Crippen LogP contribution in [0.5, 0.6) is 0 Å². The molecule has 1 fully saturated rings. The predicted octanol–water partition coefficient (Wildman–Crippen LogP) is -1.92. The number of aromatic nitrogens is 4. The zero-order valence-corrected chi connectivity index (χ0v) is 14.7. The Morgan fingerprint density at radius 1 is 1.40 bits per heavy atom. The van der Waals surface area contributed by atoms with Crippen molar-refractivity contribution in [2.24, 2.45) is 14.1 Å². The summed E-state index contributed by atoms with van der Waals surface area (Å²) in [5.74, 6) is 0.604. The number of nitrogens with one attached hydrogen (secondary N) is 1. The second kappa shape index (κ2) is 6.75. The van der Waals surface area contributed by atoms with Gasteiger partial charge in [-0.3, -0.25) is 23.5 Å². The molecular formula is C14H18N6O4S. The summed E-state index contributed by atoms with van der Waals surface area (Å²) >= 11 is 1.60. The predicted molar refractivity (Wildman–Crippen MR) is 92.2 cm³/mol. The standard InChI is InChI=1S/C14H18N6O4S/c1-17-12-11(13(23)18(2)14(17)24)19(7-16-12)6-10-20(3-4-25-10)9(22)5-15-8-21/h7-8,10H,3-6H2,1-2H3,(H,15,21). The molecule has 1 unspecified atom stereocenters. The van der Waals surface area contributed by atoms with E-state index in [0.29, 0.717) is 30.7 Å². The molecule has 1 N–H and O–H groups in total. The molecule has 10 nitrogen and oxygen atoms in total. The summed E-state index contributed by atoms with van der Waals surface area (Å²) < 4.78 is 4.04. The van der Waals surface area contributed by atoms with Gasteiger partial charge in [-0.05, 0) is 0 Å². The second-order valence-corrected chi connectivity index (χ2v) is 6.97. The SMILES string of the molecule is Cn1c(=O)c2c(ncn2CC2SCCN2C(=O)CNC=O)n(C)c1=O. The van der Waals surface area contributed by atoms with Gasteiger partial charge in [0.05, 0.1) is 24.8 Å². The topological polar surface area (TPSA) is 111 Å². The highest BCUT2D eigenvalue weighted by Crippen LogP contribution is 2.25. The monoisotopic (exact) mass is 366 g/mol. The molecule has 2 aromatic heterocycles. The molecule has 0 aromatic carbocycles. The minimum Gasteiger partial charge on any atom is -0.350 e. The van der Waals surface area contributed by atoms with Crippen molar-refractivity contribution in [2.45, 2.75) is 11.9 Å². The van der Waals surface area contributed by atoms with Crippen molar-refractivity contribution < 1.29 is 9.59 Å². The van der Waals surface area contributed by atoms with Gasteiger partial charge in [-0.1, -0.05) is 0 Å². The van der Waals surface area contributed by atoms with E-state index >= 15 is 0 Å². The maximum atomic E-state index is 12.5. The number of nitrogens with zero attached hydrogens (tertiary/aromatic N) is 5. The van der Waals surface area contributed by atoms with Crippen LogP contribution in [-0.2, 0) is 30.2 Å². The Balaban J connectivity index is 1.93. The molecular weight excluding hydrogens is 348 g/mol. The minimum absolute atomic E-state index is 0.0541. The quantitative estimate of drug-likeness (QED) is 0.618. The van der Waals surface area contributed by atoms with E-state index in [1.54, 1.807) is 28.3 Å². The lowest BCUT2D eigenvalue weighted by Crippen LogP contribution is -2.42. The molecule has 0 aliphatic carbocycles. The number of amides is 2. The molecule has 0 bridgehead atoms. The highest BCUT2D eigenvalue weighted by molar-refractivity contribution is 8.00. The van der Waals surface area contributed by atoms with Gasteiger partial charge < -0.3 is 14.8 Å². The Morgan fingerprint density at radius 3 is 2.88 bits per heavy atom. The summed E-state index contributed by atoms with van der Waals surface area (Å²) in [5.41, 5.74) is -0.207. The van der Waals surface area contributed by atoms with Crippen molar-refractivity contribution in [3.05, 3.63) is 27.2 Å². The van der Waals surface area contributed by atoms with E-state index in [4.69, 9.17) is 0 Å². The molecule has 2 aromatic rings.